The third-order valence-corrected chi connectivity index (χ3v) is 1.82. The molecule has 0 amide bonds. The average molecular weight is 200 g/mol. The van der Waals surface area contributed by atoms with Crippen LogP contribution < -0.4 is 4.74 Å². The van der Waals surface area contributed by atoms with Crippen LogP contribution in [0.15, 0.2) is 24.3 Å². The van der Waals surface area contributed by atoms with E-state index in [4.69, 9.17) is 4.74 Å². The zero-order valence-electron chi connectivity index (χ0n) is 6.55. The molecule has 1 aromatic rings. The molecule has 0 aromatic heterocycles. The molecule has 0 atom stereocenters. The van der Waals surface area contributed by atoms with Crippen LogP contribution in [0.5, 0.6) is 5.75 Å². The molecule has 0 bridgehead atoms. The van der Waals surface area contributed by atoms with Crippen LogP contribution in [0, 0.1) is 0 Å². The van der Waals surface area contributed by atoms with Crippen molar-refractivity contribution in [1.29, 1.82) is 0 Å². The van der Waals surface area contributed by atoms with Crippen LogP contribution in [0.2, 0.25) is 0 Å². The minimum absolute atomic E-state index is 0. The molecular formula is C9H10OZn. The molecule has 11 heavy (non-hydrogen) atoms. The summed E-state index contributed by atoms with van der Waals surface area (Å²) in [6, 6.07) is 8.25. The monoisotopic (exact) mass is 198 g/mol. The van der Waals surface area contributed by atoms with E-state index >= 15 is 0 Å². The molecule has 0 unspecified atom stereocenters. The van der Waals surface area contributed by atoms with Crippen molar-refractivity contribution < 1.29 is 24.2 Å². The Morgan fingerprint density at radius 1 is 1.18 bits per heavy atom. The number of hydrogen-bond donors (Lipinski definition) is 0. The van der Waals surface area contributed by atoms with E-state index in [0.29, 0.717) is 0 Å². The van der Waals surface area contributed by atoms with E-state index in [1.807, 2.05) is 12.1 Å². The van der Waals surface area contributed by atoms with Crippen molar-refractivity contribution in [3.8, 4) is 5.75 Å². The van der Waals surface area contributed by atoms with Gasteiger partial charge in [0.05, 0.1) is 6.61 Å². The molecule has 1 nitrogen and oxygen atoms in total. The molecule has 0 fully saturated rings. The van der Waals surface area contributed by atoms with Gasteiger partial charge in [-0.1, -0.05) is 18.2 Å². The minimum atomic E-state index is 0. The van der Waals surface area contributed by atoms with Crippen LogP contribution >= 0.6 is 0 Å². The fourth-order valence-corrected chi connectivity index (χ4v) is 1.30. The molecule has 1 aromatic carbocycles. The number of benzene rings is 1. The first-order valence-corrected chi connectivity index (χ1v) is 3.67. The van der Waals surface area contributed by atoms with E-state index in [-0.39, 0.29) is 19.5 Å². The SMILES string of the molecule is [Zn].c1ccc2c(c1)CCCO2. The van der Waals surface area contributed by atoms with Crippen molar-refractivity contribution in [2.24, 2.45) is 0 Å². The van der Waals surface area contributed by atoms with Gasteiger partial charge in [0.1, 0.15) is 5.75 Å². The third-order valence-electron chi connectivity index (χ3n) is 1.82. The molecule has 0 saturated heterocycles. The molecular weight excluding hydrogens is 189 g/mol. The molecule has 0 aliphatic carbocycles. The largest absolute Gasteiger partial charge is 0.493 e. The van der Waals surface area contributed by atoms with E-state index in [9.17, 15) is 0 Å². The van der Waals surface area contributed by atoms with Gasteiger partial charge < -0.3 is 4.74 Å². The minimum Gasteiger partial charge on any atom is -0.493 e. The second-order valence-electron chi connectivity index (χ2n) is 2.56. The van der Waals surface area contributed by atoms with E-state index in [0.717, 1.165) is 18.8 Å². The topological polar surface area (TPSA) is 9.23 Å². The Hall–Kier alpha value is -0.357. The molecule has 0 radical (unpaired) electrons. The van der Waals surface area contributed by atoms with Crippen molar-refractivity contribution in [3.63, 3.8) is 0 Å². The van der Waals surface area contributed by atoms with E-state index in [1.54, 1.807) is 0 Å². The zero-order chi connectivity index (χ0) is 6.81. The number of aryl methyl sites for hydroxylation is 1. The van der Waals surface area contributed by atoms with Gasteiger partial charge in [0.25, 0.3) is 0 Å². The first kappa shape index (κ1) is 8.74. The summed E-state index contributed by atoms with van der Waals surface area (Å²) in [5, 5.41) is 0. The van der Waals surface area contributed by atoms with E-state index in [2.05, 4.69) is 12.1 Å². The van der Waals surface area contributed by atoms with Crippen LogP contribution in [0.1, 0.15) is 12.0 Å². The van der Waals surface area contributed by atoms with Gasteiger partial charge in [-0.3, -0.25) is 0 Å². The first-order chi connectivity index (χ1) is 4.97. The predicted octanol–water partition coefficient (Wildman–Crippen LogP) is 2.01. The average Bonchev–Trinajstić information content (AvgIpc) is 2.05. The standard InChI is InChI=1S/C9H10O.Zn/c1-2-6-9-8(4-1)5-3-7-10-9;/h1-2,4,6H,3,5,7H2;. The van der Waals surface area contributed by atoms with Gasteiger partial charge in [0.15, 0.2) is 0 Å². The van der Waals surface area contributed by atoms with Gasteiger partial charge in [-0.05, 0) is 24.5 Å². The quantitative estimate of drug-likeness (QED) is 0.581. The normalized spacial score (nSPS) is 14.2. The summed E-state index contributed by atoms with van der Waals surface area (Å²) >= 11 is 0. The maximum atomic E-state index is 5.42. The summed E-state index contributed by atoms with van der Waals surface area (Å²) in [4.78, 5) is 0. The van der Waals surface area contributed by atoms with Gasteiger partial charge in [-0.25, -0.2) is 0 Å². The van der Waals surface area contributed by atoms with Gasteiger partial charge in [-0.2, -0.15) is 0 Å². The second kappa shape index (κ2) is 3.87. The van der Waals surface area contributed by atoms with Crippen molar-refractivity contribution in [1.82, 2.24) is 0 Å². The molecule has 0 spiro atoms. The Labute approximate surface area is 79.5 Å². The second-order valence-corrected chi connectivity index (χ2v) is 2.56. The number of rotatable bonds is 0. The summed E-state index contributed by atoms with van der Waals surface area (Å²) in [7, 11) is 0. The van der Waals surface area contributed by atoms with Crippen LogP contribution in [0.3, 0.4) is 0 Å². The third kappa shape index (κ3) is 1.81. The summed E-state index contributed by atoms with van der Waals surface area (Å²) in [5.41, 5.74) is 1.36. The van der Waals surface area contributed by atoms with Crippen LogP contribution in [-0.2, 0) is 25.9 Å². The Bertz CT molecular complexity index is 210. The van der Waals surface area contributed by atoms with Gasteiger partial charge in [0.2, 0.25) is 0 Å². The molecule has 2 heteroatoms. The maximum absolute atomic E-state index is 5.42. The number of fused-ring (bicyclic) bond motifs is 1. The van der Waals surface area contributed by atoms with Crippen molar-refractivity contribution >= 4 is 0 Å². The van der Waals surface area contributed by atoms with E-state index in [1.165, 1.54) is 12.0 Å². The molecule has 0 N–H and O–H groups in total. The van der Waals surface area contributed by atoms with Crippen molar-refractivity contribution in [2.75, 3.05) is 6.61 Å². The number of para-hydroxylation sites is 1. The zero-order valence-corrected chi connectivity index (χ0v) is 9.51. The predicted molar refractivity (Wildman–Crippen MR) is 40.3 cm³/mol. The molecule has 54 valence electrons. The summed E-state index contributed by atoms with van der Waals surface area (Å²) in [5.74, 6) is 1.08. The fourth-order valence-electron chi connectivity index (χ4n) is 1.30. The fraction of sp³-hybridized carbons (Fsp3) is 0.333. The Balaban J connectivity index is 0.000000605. The number of ether oxygens (including phenoxy) is 1. The number of hydrogen-bond acceptors (Lipinski definition) is 1. The Morgan fingerprint density at radius 2 is 2.00 bits per heavy atom. The molecule has 0 saturated carbocycles. The molecule has 1 aliphatic heterocycles. The smallest absolute Gasteiger partial charge is 0.122 e. The Kier molecular flexibility index (Phi) is 3.07. The molecule has 1 aliphatic rings. The Morgan fingerprint density at radius 3 is 2.82 bits per heavy atom. The van der Waals surface area contributed by atoms with E-state index < -0.39 is 0 Å². The van der Waals surface area contributed by atoms with Gasteiger partial charge in [-0.15, -0.1) is 0 Å². The summed E-state index contributed by atoms with van der Waals surface area (Å²) in [6.45, 7) is 0.886. The molecule has 1 heterocycles. The van der Waals surface area contributed by atoms with Crippen LogP contribution in [0.25, 0.3) is 0 Å². The summed E-state index contributed by atoms with van der Waals surface area (Å²) < 4.78 is 5.42. The van der Waals surface area contributed by atoms with Crippen molar-refractivity contribution in [2.45, 2.75) is 12.8 Å². The maximum Gasteiger partial charge on any atom is 0.122 e. The summed E-state index contributed by atoms with van der Waals surface area (Å²) in [6.07, 6.45) is 2.34. The molecule has 2 rings (SSSR count). The van der Waals surface area contributed by atoms with Crippen LogP contribution in [-0.4, -0.2) is 6.61 Å². The van der Waals surface area contributed by atoms with Gasteiger partial charge >= 0.3 is 0 Å². The first-order valence-electron chi connectivity index (χ1n) is 3.67. The van der Waals surface area contributed by atoms with Crippen molar-refractivity contribution in [3.05, 3.63) is 29.8 Å². The van der Waals surface area contributed by atoms with Gasteiger partial charge in [0, 0.05) is 19.5 Å². The van der Waals surface area contributed by atoms with Crippen LogP contribution in [0.4, 0.5) is 0 Å².